The van der Waals surface area contributed by atoms with Crippen molar-refractivity contribution in [2.45, 2.75) is 5.41 Å². The second-order valence-electron chi connectivity index (χ2n) is 18.0. The van der Waals surface area contributed by atoms with Crippen molar-refractivity contribution in [1.82, 2.24) is 0 Å². The van der Waals surface area contributed by atoms with E-state index in [1.54, 1.807) is 0 Å². The summed E-state index contributed by atoms with van der Waals surface area (Å²) in [5.74, 6) is 0. The monoisotopic (exact) mass is 879 g/mol. The molecule has 0 spiro atoms. The molecule has 0 fully saturated rings. The number of para-hydroxylation sites is 2. The number of fused-ring (bicyclic) bond motifs is 6. The third-order valence-corrected chi connectivity index (χ3v) is 14.2. The molecule has 12 aromatic rings. The van der Waals surface area contributed by atoms with E-state index in [0.29, 0.717) is 0 Å². The third-order valence-electron chi connectivity index (χ3n) is 14.2. The third kappa shape index (κ3) is 6.72. The van der Waals surface area contributed by atoms with E-state index >= 15 is 0 Å². The van der Waals surface area contributed by atoms with Gasteiger partial charge in [-0.1, -0.05) is 224 Å². The van der Waals surface area contributed by atoms with Crippen LogP contribution in [0.4, 0.5) is 17.1 Å². The van der Waals surface area contributed by atoms with Crippen LogP contribution < -0.4 is 4.90 Å². The molecule has 1 aromatic heterocycles. The summed E-state index contributed by atoms with van der Waals surface area (Å²) in [6.45, 7) is 0. The first-order valence-electron chi connectivity index (χ1n) is 23.7. The summed E-state index contributed by atoms with van der Waals surface area (Å²) in [5, 5.41) is 2.24. The number of furan rings is 1. The van der Waals surface area contributed by atoms with Crippen molar-refractivity contribution in [3.63, 3.8) is 0 Å². The highest BCUT2D eigenvalue weighted by Gasteiger charge is 2.46. The molecule has 1 aliphatic rings. The molecule has 0 aliphatic heterocycles. The lowest BCUT2D eigenvalue weighted by Crippen LogP contribution is -2.28. The van der Waals surface area contributed by atoms with Crippen LogP contribution in [-0.2, 0) is 5.41 Å². The fourth-order valence-electron chi connectivity index (χ4n) is 11.0. The van der Waals surface area contributed by atoms with Gasteiger partial charge in [-0.25, -0.2) is 0 Å². The molecule has 0 bridgehead atoms. The maximum atomic E-state index is 6.43. The summed E-state index contributed by atoms with van der Waals surface area (Å²) in [6.07, 6.45) is 0. The predicted octanol–water partition coefficient (Wildman–Crippen LogP) is 18.1. The van der Waals surface area contributed by atoms with Crippen LogP contribution in [0.2, 0.25) is 0 Å². The van der Waals surface area contributed by atoms with Crippen molar-refractivity contribution < 1.29 is 4.42 Å². The van der Waals surface area contributed by atoms with Crippen molar-refractivity contribution in [3.8, 4) is 55.6 Å². The van der Waals surface area contributed by atoms with Gasteiger partial charge in [-0.3, -0.25) is 0 Å². The first-order valence-corrected chi connectivity index (χ1v) is 23.7. The van der Waals surface area contributed by atoms with Crippen LogP contribution in [0.1, 0.15) is 22.3 Å². The lowest BCUT2D eigenvalue weighted by Gasteiger charge is -2.34. The number of benzene rings is 11. The van der Waals surface area contributed by atoms with Crippen molar-refractivity contribution in [3.05, 3.63) is 295 Å². The molecular formula is C67H45NO. The topological polar surface area (TPSA) is 16.4 Å². The van der Waals surface area contributed by atoms with E-state index in [1.165, 1.54) is 61.2 Å². The van der Waals surface area contributed by atoms with Gasteiger partial charge in [0.05, 0.1) is 11.1 Å². The maximum absolute atomic E-state index is 6.43. The summed E-state index contributed by atoms with van der Waals surface area (Å²) < 4.78 is 6.43. The lowest BCUT2D eigenvalue weighted by molar-refractivity contribution is 0.669. The van der Waals surface area contributed by atoms with Crippen LogP contribution in [-0.4, -0.2) is 0 Å². The minimum atomic E-state index is -0.466. The van der Waals surface area contributed by atoms with Gasteiger partial charge in [-0.2, -0.15) is 0 Å². The van der Waals surface area contributed by atoms with E-state index < -0.39 is 5.41 Å². The smallest absolute Gasteiger partial charge is 0.136 e. The summed E-state index contributed by atoms with van der Waals surface area (Å²) in [7, 11) is 0. The van der Waals surface area contributed by atoms with Crippen LogP contribution in [0.15, 0.2) is 277 Å². The zero-order valence-electron chi connectivity index (χ0n) is 37.8. The SMILES string of the molecule is c1ccc(-c2ccc(-c3ccc(N(c4ccc(-c5cccc6c5-c5ccccc5C6(c5ccccc5)c5ccccc5)cc4)c4ccccc4-c4ccc5c(c4)oc4ccccc45)cc3)cc2)cc1. The van der Waals surface area contributed by atoms with Crippen molar-refractivity contribution in [1.29, 1.82) is 0 Å². The minimum Gasteiger partial charge on any atom is -0.456 e. The highest BCUT2D eigenvalue weighted by molar-refractivity contribution is 6.06. The summed E-state index contributed by atoms with van der Waals surface area (Å²) in [6, 6.07) is 99.1. The number of nitrogens with zero attached hydrogens (tertiary/aromatic N) is 1. The molecular weight excluding hydrogens is 835 g/mol. The van der Waals surface area contributed by atoms with E-state index in [2.05, 4.69) is 266 Å². The maximum Gasteiger partial charge on any atom is 0.136 e. The second-order valence-corrected chi connectivity index (χ2v) is 18.0. The van der Waals surface area contributed by atoms with Crippen LogP contribution in [0, 0.1) is 0 Å². The van der Waals surface area contributed by atoms with E-state index in [9.17, 15) is 0 Å². The Kier molecular flexibility index (Phi) is 9.77. The fourth-order valence-corrected chi connectivity index (χ4v) is 11.0. The second kappa shape index (κ2) is 16.7. The Bertz CT molecular complexity index is 3760. The van der Waals surface area contributed by atoms with Gasteiger partial charge in [0.25, 0.3) is 0 Å². The minimum absolute atomic E-state index is 0.466. The number of rotatable bonds is 9. The molecule has 69 heavy (non-hydrogen) atoms. The molecule has 2 heteroatoms. The molecule has 1 aliphatic carbocycles. The quantitative estimate of drug-likeness (QED) is 0.144. The fraction of sp³-hybridized carbons (Fsp3) is 0.0149. The molecule has 11 aromatic carbocycles. The molecule has 13 rings (SSSR count). The normalized spacial score (nSPS) is 12.5. The van der Waals surface area contributed by atoms with Gasteiger partial charge in [0.15, 0.2) is 0 Å². The number of anilines is 3. The number of hydrogen-bond acceptors (Lipinski definition) is 2. The molecule has 0 saturated carbocycles. The Hall–Kier alpha value is -8.98. The Balaban J connectivity index is 0.938. The molecule has 0 saturated heterocycles. The van der Waals surface area contributed by atoms with Gasteiger partial charge >= 0.3 is 0 Å². The first kappa shape index (κ1) is 40.3. The van der Waals surface area contributed by atoms with Gasteiger partial charge in [0.1, 0.15) is 11.2 Å². The first-order chi connectivity index (χ1) is 34.2. The van der Waals surface area contributed by atoms with Crippen molar-refractivity contribution >= 4 is 39.0 Å². The molecule has 1 heterocycles. The molecule has 0 N–H and O–H groups in total. The predicted molar refractivity (Wildman–Crippen MR) is 287 cm³/mol. The van der Waals surface area contributed by atoms with Crippen LogP contribution in [0.5, 0.6) is 0 Å². The Labute approximate surface area is 402 Å². The average Bonchev–Trinajstić information content (AvgIpc) is 3.96. The lowest BCUT2D eigenvalue weighted by atomic mass is 9.67. The highest BCUT2D eigenvalue weighted by atomic mass is 16.3. The van der Waals surface area contributed by atoms with Gasteiger partial charge < -0.3 is 9.32 Å². The van der Waals surface area contributed by atoms with Crippen LogP contribution in [0.25, 0.3) is 77.6 Å². The Morgan fingerprint density at radius 2 is 0.754 bits per heavy atom. The van der Waals surface area contributed by atoms with Crippen LogP contribution in [0.3, 0.4) is 0 Å². The highest BCUT2D eigenvalue weighted by Crippen LogP contribution is 2.58. The Morgan fingerprint density at radius 1 is 0.290 bits per heavy atom. The Morgan fingerprint density at radius 3 is 1.42 bits per heavy atom. The molecule has 2 nitrogen and oxygen atoms in total. The summed E-state index contributed by atoms with van der Waals surface area (Å²) in [4.78, 5) is 2.39. The molecule has 0 radical (unpaired) electrons. The van der Waals surface area contributed by atoms with Crippen molar-refractivity contribution in [2.24, 2.45) is 0 Å². The standard InChI is InChI=1S/C67H45NO/c1-4-17-46(18-5-1)47-31-33-48(34-32-47)49-35-40-54(41-36-49)68(63-29-14-11-23-56(63)51-39-44-59-58-24-12-15-30-64(58)69-65(59)45-51)55-42-37-50(38-43-55)57-26-16-28-62-66(57)60-25-10-13-27-61(60)67(62,52-19-6-2-7-20-52)53-21-8-3-9-22-53/h1-45H. The zero-order chi connectivity index (χ0) is 45.7. The molecule has 0 atom stereocenters. The molecule has 0 unspecified atom stereocenters. The van der Waals surface area contributed by atoms with Gasteiger partial charge in [-0.05, 0) is 121 Å². The van der Waals surface area contributed by atoms with E-state index in [1.807, 2.05) is 12.1 Å². The number of hydrogen-bond donors (Lipinski definition) is 0. The summed E-state index contributed by atoms with van der Waals surface area (Å²) >= 11 is 0. The zero-order valence-corrected chi connectivity index (χ0v) is 37.8. The van der Waals surface area contributed by atoms with E-state index in [0.717, 1.165) is 55.7 Å². The van der Waals surface area contributed by atoms with Gasteiger partial charge in [-0.15, -0.1) is 0 Å². The molecule has 324 valence electrons. The van der Waals surface area contributed by atoms with E-state index in [4.69, 9.17) is 4.42 Å². The van der Waals surface area contributed by atoms with Crippen molar-refractivity contribution in [2.75, 3.05) is 4.90 Å². The van der Waals surface area contributed by atoms with Gasteiger partial charge in [0, 0.05) is 27.7 Å². The largest absolute Gasteiger partial charge is 0.456 e. The summed E-state index contributed by atoms with van der Waals surface area (Å²) in [5.41, 5.74) is 21.5. The van der Waals surface area contributed by atoms with Gasteiger partial charge in [0.2, 0.25) is 0 Å². The average molecular weight is 880 g/mol. The van der Waals surface area contributed by atoms with Crippen LogP contribution >= 0.6 is 0 Å². The van der Waals surface area contributed by atoms with E-state index in [-0.39, 0.29) is 0 Å². The molecule has 0 amide bonds.